The molecule has 0 aliphatic rings. The van der Waals surface area contributed by atoms with Crippen LogP contribution in [0.1, 0.15) is 58.3 Å². The van der Waals surface area contributed by atoms with Crippen LogP contribution >= 0.6 is 22.6 Å². The van der Waals surface area contributed by atoms with E-state index in [1.165, 1.54) is 76.7 Å². The molecule has 0 unspecified atom stereocenters. The molecule has 0 radical (unpaired) electrons. The fourth-order valence-corrected chi connectivity index (χ4v) is 4.31. The minimum absolute atomic E-state index is 0.676. The quantitative estimate of drug-likeness (QED) is 0.0930. The van der Waals surface area contributed by atoms with Crippen LogP contribution in [-0.4, -0.2) is 4.57 Å². The Hall–Kier alpha value is -1.72. The first-order chi connectivity index (χ1) is 13.2. The van der Waals surface area contributed by atoms with Crippen molar-refractivity contribution in [2.45, 2.75) is 64.8 Å². The van der Waals surface area contributed by atoms with Gasteiger partial charge >= 0.3 is 0 Å². The van der Waals surface area contributed by atoms with E-state index in [0.717, 1.165) is 6.54 Å². The van der Waals surface area contributed by atoms with Crippen LogP contribution in [0, 0.1) is 3.57 Å². The lowest BCUT2D eigenvalue weighted by molar-refractivity contribution is 0.553. The van der Waals surface area contributed by atoms with Gasteiger partial charge in [0.05, 0.1) is 0 Å². The SMILES string of the molecule is CCCCCCCCCCn1c2ccc(I)cc2c2cc(N=[N+]=[N-])ccc21. The maximum absolute atomic E-state index is 8.74. The number of aryl methyl sites for hydroxylation is 1. The number of rotatable bonds is 10. The maximum atomic E-state index is 8.74. The number of azide groups is 1. The zero-order valence-electron chi connectivity index (χ0n) is 16.0. The molecule has 0 amide bonds. The zero-order valence-corrected chi connectivity index (χ0v) is 18.2. The van der Waals surface area contributed by atoms with Gasteiger partial charge in [-0.3, -0.25) is 0 Å². The Morgan fingerprint density at radius 2 is 1.52 bits per heavy atom. The molecule has 0 atom stereocenters. The van der Waals surface area contributed by atoms with Crippen molar-refractivity contribution in [2.75, 3.05) is 0 Å². The number of halogens is 1. The monoisotopic (exact) mass is 474 g/mol. The van der Waals surface area contributed by atoms with Crippen LogP contribution in [0.2, 0.25) is 0 Å². The summed E-state index contributed by atoms with van der Waals surface area (Å²) in [6.07, 6.45) is 10.6. The third-order valence-electron chi connectivity index (χ3n) is 5.21. The summed E-state index contributed by atoms with van der Waals surface area (Å²) in [5.74, 6) is 0. The Labute approximate surface area is 174 Å². The van der Waals surface area contributed by atoms with E-state index in [1.807, 2.05) is 12.1 Å². The Balaban J connectivity index is 1.76. The van der Waals surface area contributed by atoms with E-state index >= 15 is 0 Å². The molecule has 0 fully saturated rings. The van der Waals surface area contributed by atoms with E-state index < -0.39 is 0 Å². The predicted molar refractivity (Wildman–Crippen MR) is 124 cm³/mol. The lowest BCUT2D eigenvalue weighted by Crippen LogP contribution is -1.97. The summed E-state index contributed by atoms with van der Waals surface area (Å²) in [6.45, 7) is 3.30. The first-order valence-corrected chi connectivity index (χ1v) is 11.1. The van der Waals surface area contributed by atoms with Crippen molar-refractivity contribution in [3.05, 3.63) is 50.4 Å². The first kappa shape index (κ1) is 20.0. The van der Waals surface area contributed by atoms with Crippen LogP contribution in [0.15, 0.2) is 41.5 Å². The number of unbranched alkanes of at least 4 members (excludes halogenated alkanes) is 7. The average Bonchev–Trinajstić information content (AvgIpc) is 2.97. The van der Waals surface area contributed by atoms with Gasteiger partial charge in [0.2, 0.25) is 0 Å². The van der Waals surface area contributed by atoms with Crippen molar-refractivity contribution in [1.29, 1.82) is 0 Å². The highest BCUT2D eigenvalue weighted by molar-refractivity contribution is 14.1. The third kappa shape index (κ3) is 4.96. The second-order valence-corrected chi connectivity index (χ2v) is 8.42. The van der Waals surface area contributed by atoms with Crippen molar-refractivity contribution in [3.8, 4) is 0 Å². The molecule has 0 aliphatic heterocycles. The topological polar surface area (TPSA) is 53.7 Å². The first-order valence-electron chi connectivity index (χ1n) is 10.0. The van der Waals surface area contributed by atoms with E-state index in [2.05, 4.69) is 68.4 Å². The lowest BCUT2D eigenvalue weighted by atomic mass is 10.1. The molecule has 0 saturated heterocycles. The molecule has 0 aliphatic carbocycles. The number of nitrogens with zero attached hydrogens (tertiary/aromatic N) is 4. The minimum Gasteiger partial charge on any atom is -0.340 e. The highest BCUT2D eigenvalue weighted by atomic mass is 127. The van der Waals surface area contributed by atoms with Gasteiger partial charge in [-0.25, -0.2) is 0 Å². The van der Waals surface area contributed by atoms with Crippen molar-refractivity contribution >= 4 is 50.1 Å². The summed E-state index contributed by atoms with van der Waals surface area (Å²) in [5, 5.41) is 6.20. The van der Waals surface area contributed by atoms with E-state index in [4.69, 9.17) is 5.53 Å². The van der Waals surface area contributed by atoms with Gasteiger partial charge in [-0.1, -0.05) is 63.1 Å². The Morgan fingerprint density at radius 3 is 2.22 bits per heavy atom. The van der Waals surface area contributed by atoms with Crippen LogP contribution in [0.25, 0.3) is 32.2 Å². The van der Waals surface area contributed by atoms with Gasteiger partial charge in [0.15, 0.2) is 0 Å². The fourth-order valence-electron chi connectivity index (χ4n) is 3.82. The minimum atomic E-state index is 0.676. The molecule has 27 heavy (non-hydrogen) atoms. The summed E-state index contributed by atoms with van der Waals surface area (Å²) in [5.41, 5.74) is 11.9. The Kier molecular flexibility index (Phi) is 7.41. The molecule has 142 valence electrons. The fraction of sp³-hybridized carbons (Fsp3) is 0.455. The van der Waals surface area contributed by atoms with Crippen molar-refractivity contribution in [2.24, 2.45) is 5.11 Å². The van der Waals surface area contributed by atoms with Gasteiger partial charge in [0.1, 0.15) is 0 Å². The van der Waals surface area contributed by atoms with Crippen LogP contribution < -0.4 is 0 Å². The molecule has 3 rings (SSSR count). The highest BCUT2D eigenvalue weighted by Crippen LogP contribution is 2.33. The molecule has 0 spiro atoms. The maximum Gasteiger partial charge on any atom is 0.0492 e. The molecular formula is C22H27IN4. The molecular weight excluding hydrogens is 447 g/mol. The molecule has 0 N–H and O–H groups in total. The van der Waals surface area contributed by atoms with Gasteiger partial charge < -0.3 is 4.57 Å². The second-order valence-electron chi connectivity index (χ2n) is 7.18. The van der Waals surface area contributed by atoms with Crippen molar-refractivity contribution in [1.82, 2.24) is 4.57 Å². The lowest BCUT2D eigenvalue weighted by Gasteiger charge is -2.08. The summed E-state index contributed by atoms with van der Waals surface area (Å²) in [7, 11) is 0. The molecule has 5 heteroatoms. The molecule has 0 bridgehead atoms. The van der Waals surface area contributed by atoms with E-state index in [0.29, 0.717) is 5.69 Å². The third-order valence-corrected chi connectivity index (χ3v) is 5.88. The van der Waals surface area contributed by atoms with Gasteiger partial charge in [-0.05, 0) is 64.9 Å². The zero-order chi connectivity index (χ0) is 19.1. The van der Waals surface area contributed by atoms with Crippen LogP contribution in [0.3, 0.4) is 0 Å². The summed E-state index contributed by atoms with van der Waals surface area (Å²) < 4.78 is 3.65. The summed E-state index contributed by atoms with van der Waals surface area (Å²) in [4.78, 5) is 2.93. The molecule has 0 saturated carbocycles. The number of fused-ring (bicyclic) bond motifs is 3. The molecule has 1 aromatic heterocycles. The summed E-state index contributed by atoms with van der Waals surface area (Å²) >= 11 is 2.36. The van der Waals surface area contributed by atoms with Gasteiger partial charge in [-0.15, -0.1) is 0 Å². The normalized spacial score (nSPS) is 11.2. The smallest absolute Gasteiger partial charge is 0.0492 e. The van der Waals surface area contributed by atoms with Crippen LogP contribution in [-0.2, 0) is 6.54 Å². The standard InChI is InChI=1S/C22H27IN4/c1-2-3-4-5-6-7-8-9-14-27-21-12-10-17(23)15-19(21)20-16-18(25-26-24)11-13-22(20)27/h10-13,15-16H,2-9,14H2,1H3. The Bertz CT molecular complexity index is 954. The summed E-state index contributed by atoms with van der Waals surface area (Å²) in [6, 6.07) is 12.6. The van der Waals surface area contributed by atoms with E-state index in [1.54, 1.807) is 0 Å². The van der Waals surface area contributed by atoms with Crippen LogP contribution in [0.4, 0.5) is 5.69 Å². The van der Waals surface area contributed by atoms with Crippen molar-refractivity contribution < 1.29 is 0 Å². The van der Waals surface area contributed by atoms with Crippen LogP contribution in [0.5, 0.6) is 0 Å². The van der Waals surface area contributed by atoms with Gasteiger partial charge in [0, 0.05) is 42.5 Å². The second kappa shape index (κ2) is 10.00. The molecule has 2 aromatic carbocycles. The number of hydrogen-bond acceptors (Lipinski definition) is 1. The van der Waals surface area contributed by atoms with Crippen molar-refractivity contribution in [3.63, 3.8) is 0 Å². The number of aromatic nitrogens is 1. The molecule has 1 heterocycles. The number of hydrogen-bond donors (Lipinski definition) is 0. The highest BCUT2D eigenvalue weighted by Gasteiger charge is 2.11. The molecule has 4 nitrogen and oxygen atoms in total. The average molecular weight is 474 g/mol. The molecule has 3 aromatic rings. The Morgan fingerprint density at radius 1 is 0.889 bits per heavy atom. The van der Waals surface area contributed by atoms with E-state index in [-0.39, 0.29) is 0 Å². The van der Waals surface area contributed by atoms with Gasteiger partial charge in [0.25, 0.3) is 0 Å². The van der Waals surface area contributed by atoms with E-state index in [9.17, 15) is 0 Å². The van der Waals surface area contributed by atoms with Gasteiger partial charge in [-0.2, -0.15) is 0 Å². The number of benzene rings is 2. The predicted octanol–water partition coefficient (Wildman–Crippen LogP) is 8.48. The largest absolute Gasteiger partial charge is 0.340 e.